The molecule has 0 spiro atoms. The molecule has 1 aliphatic rings. The van der Waals surface area contributed by atoms with Crippen LogP contribution in [0.3, 0.4) is 0 Å². The number of alkyl halides is 1. The molecule has 1 aromatic heterocycles. The van der Waals surface area contributed by atoms with Crippen molar-refractivity contribution in [2.45, 2.75) is 45.1 Å². The number of nitrogens with one attached hydrogen (secondary N) is 1. The van der Waals surface area contributed by atoms with Gasteiger partial charge in [0, 0.05) is 16.8 Å². The third-order valence-corrected chi connectivity index (χ3v) is 4.78. The van der Waals surface area contributed by atoms with Gasteiger partial charge < -0.3 is 5.32 Å². The molecule has 2 nitrogen and oxygen atoms in total. The van der Waals surface area contributed by atoms with Crippen molar-refractivity contribution >= 4 is 28.8 Å². The number of hydrogen-bond acceptors (Lipinski definition) is 2. The summed E-state index contributed by atoms with van der Waals surface area (Å²) in [6.45, 7) is 1.92. The lowest BCUT2D eigenvalue weighted by atomic mass is 10.1. The van der Waals surface area contributed by atoms with Gasteiger partial charge in [0.1, 0.15) is 0 Å². The summed E-state index contributed by atoms with van der Waals surface area (Å²) in [5, 5.41) is 2.91. The van der Waals surface area contributed by atoms with E-state index in [1.807, 2.05) is 6.92 Å². The summed E-state index contributed by atoms with van der Waals surface area (Å²) < 4.78 is 0. The third kappa shape index (κ3) is 3.23. The Kier molecular flexibility index (Phi) is 4.46. The van der Waals surface area contributed by atoms with E-state index in [9.17, 15) is 4.79 Å². The van der Waals surface area contributed by atoms with Crippen LogP contribution in [-0.4, -0.2) is 17.8 Å². The molecule has 0 aromatic carbocycles. The van der Waals surface area contributed by atoms with Crippen molar-refractivity contribution in [3.8, 4) is 0 Å². The largest absolute Gasteiger partial charge is 0.348 e. The topological polar surface area (TPSA) is 29.1 Å². The Bertz CT molecular complexity index is 379. The third-order valence-electron chi connectivity index (χ3n) is 3.08. The first-order valence-electron chi connectivity index (χ1n) is 6.19. The van der Waals surface area contributed by atoms with Crippen molar-refractivity contribution in [1.29, 1.82) is 0 Å². The highest BCUT2D eigenvalue weighted by molar-refractivity contribution is 7.14. The molecule has 94 valence electrons. The highest BCUT2D eigenvalue weighted by Gasteiger charge is 2.17. The second-order valence-electron chi connectivity index (χ2n) is 4.65. The van der Waals surface area contributed by atoms with E-state index in [1.165, 1.54) is 29.7 Å². The molecular weight excluding hydrogens is 254 g/mol. The molecule has 0 saturated carbocycles. The van der Waals surface area contributed by atoms with Crippen molar-refractivity contribution in [1.82, 2.24) is 5.32 Å². The fourth-order valence-electron chi connectivity index (χ4n) is 2.11. The Hall–Kier alpha value is -0.540. The van der Waals surface area contributed by atoms with Crippen LogP contribution in [0, 0.1) is 0 Å². The van der Waals surface area contributed by atoms with Crippen molar-refractivity contribution < 1.29 is 4.79 Å². The van der Waals surface area contributed by atoms with Crippen LogP contribution in [0.25, 0.3) is 0 Å². The number of aryl methyl sites for hydroxylation is 2. The van der Waals surface area contributed by atoms with Crippen LogP contribution in [-0.2, 0) is 12.8 Å². The van der Waals surface area contributed by atoms with Gasteiger partial charge in [-0.1, -0.05) is 6.42 Å². The number of carbonyl (C=O) groups is 1. The highest BCUT2D eigenvalue weighted by atomic mass is 35.5. The molecule has 1 heterocycles. The quantitative estimate of drug-likeness (QED) is 0.663. The summed E-state index contributed by atoms with van der Waals surface area (Å²) >= 11 is 7.35. The first-order chi connectivity index (χ1) is 8.20. The number of thiophene rings is 1. The number of rotatable bonds is 3. The van der Waals surface area contributed by atoms with Gasteiger partial charge >= 0.3 is 0 Å². The standard InChI is InChI=1S/C13H18ClNOS/c1-9(8-14)15-13(16)12-7-10-5-3-2-4-6-11(10)17-12/h7,9H,2-6,8H2,1H3,(H,15,16). The van der Waals surface area contributed by atoms with Crippen LogP contribution in [0.4, 0.5) is 0 Å². The Morgan fingerprint density at radius 1 is 1.47 bits per heavy atom. The van der Waals surface area contributed by atoms with E-state index in [2.05, 4.69) is 11.4 Å². The van der Waals surface area contributed by atoms with Gasteiger partial charge in [0.15, 0.2) is 0 Å². The van der Waals surface area contributed by atoms with Crippen LogP contribution in [0.15, 0.2) is 6.07 Å². The lowest BCUT2D eigenvalue weighted by Crippen LogP contribution is -2.33. The van der Waals surface area contributed by atoms with Crippen LogP contribution >= 0.6 is 22.9 Å². The highest BCUT2D eigenvalue weighted by Crippen LogP contribution is 2.28. The van der Waals surface area contributed by atoms with Gasteiger partial charge in [0.25, 0.3) is 5.91 Å². The molecule has 0 saturated heterocycles. The van der Waals surface area contributed by atoms with E-state index in [-0.39, 0.29) is 11.9 Å². The molecule has 0 aliphatic heterocycles. The van der Waals surface area contributed by atoms with E-state index in [0.717, 1.165) is 17.7 Å². The molecular formula is C13H18ClNOS. The summed E-state index contributed by atoms with van der Waals surface area (Å²) in [5.41, 5.74) is 1.39. The average molecular weight is 272 g/mol. The summed E-state index contributed by atoms with van der Waals surface area (Å²) in [5.74, 6) is 0.479. The maximum Gasteiger partial charge on any atom is 0.261 e. The minimum absolute atomic E-state index is 0.0243. The first kappa shape index (κ1) is 12.9. The summed E-state index contributed by atoms with van der Waals surface area (Å²) in [7, 11) is 0. The van der Waals surface area contributed by atoms with Gasteiger partial charge in [-0.2, -0.15) is 0 Å². The van der Waals surface area contributed by atoms with Gasteiger partial charge in [0.2, 0.25) is 0 Å². The molecule has 2 rings (SSSR count). The van der Waals surface area contributed by atoms with E-state index >= 15 is 0 Å². The van der Waals surface area contributed by atoms with Crippen LogP contribution in [0.2, 0.25) is 0 Å². The lowest BCUT2D eigenvalue weighted by Gasteiger charge is -2.08. The fourth-order valence-corrected chi connectivity index (χ4v) is 3.35. The van der Waals surface area contributed by atoms with E-state index in [1.54, 1.807) is 11.3 Å². The van der Waals surface area contributed by atoms with Crippen LogP contribution in [0.5, 0.6) is 0 Å². The van der Waals surface area contributed by atoms with Gasteiger partial charge in [-0.05, 0) is 44.2 Å². The van der Waals surface area contributed by atoms with Crippen molar-refractivity contribution in [3.63, 3.8) is 0 Å². The molecule has 4 heteroatoms. The smallest absolute Gasteiger partial charge is 0.261 e. The molecule has 1 N–H and O–H groups in total. The Morgan fingerprint density at radius 2 is 2.24 bits per heavy atom. The second kappa shape index (κ2) is 5.87. The Morgan fingerprint density at radius 3 is 3.00 bits per heavy atom. The van der Waals surface area contributed by atoms with E-state index in [4.69, 9.17) is 11.6 Å². The van der Waals surface area contributed by atoms with Crippen LogP contribution in [0.1, 0.15) is 46.3 Å². The zero-order valence-corrected chi connectivity index (χ0v) is 11.7. The molecule has 1 atom stereocenters. The molecule has 1 aromatic rings. The van der Waals surface area contributed by atoms with Crippen LogP contribution < -0.4 is 5.32 Å². The molecule has 1 unspecified atom stereocenters. The zero-order valence-electron chi connectivity index (χ0n) is 10.1. The predicted octanol–water partition coefficient (Wildman–Crippen LogP) is 3.37. The monoisotopic (exact) mass is 271 g/mol. The number of fused-ring (bicyclic) bond motifs is 1. The zero-order chi connectivity index (χ0) is 12.3. The molecule has 1 amide bonds. The van der Waals surface area contributed by atoms with Gasteiger partial charge in [0.05, 0.1) is 4.88 Å². The number of carbonyl (C=O) groups excluding carboxylic acids is 1. The minimum atomic E-state index is 0.0243. The maximum absolute atomic E-state index is 12.0. The lowest BCUT2D eigenvalue weighted by molar-refractivity contribution is 0.0947. The van der Waals surface area contributed by atoms with Gasteiger partial charge in [-0.3, -0.25) is 4.79 Å². The Balaban J connectivity index is 2.09. The molecule has 1 aliphatic carbocycles. The molecule has 0 fully saturated rings. The average Bonchev–Trinajstić information content (AvgIpc) is 2.61. The molecule has 0 bridgehead atoms. The summed E-state index contributed by atoms with van der Waals surface area (Å²) in [4.78, 5) is 14.2. The first-order valence-corrected chi connectivity index (χ1v) is 7.54. The maximum atomic E-state index is 12.0. The SMILES string of the molecule is CC(CCl)NC(=O)c1cc2c(s1)CCCCC2. The van der Waals surface area contributed by atoms with Crippen molar-refractivity contribution in [3.05, 3.63) is 21.4 Å². The minimum Gasteiger partial charge on any atom is -0.348 e. The van der Waals surface area contributed by atoms with Crippen molar-refractivity contribution in [2.75, 3.05) is 5.88 Å². The second-order valence-corrected chi connectivity index (χ2v) is 6.09. The Labute approximate surface area is 111 Å². The summed E-state index contributed by atoms with van der Waals surface area (Å²) in [6.07, 6.45) is 6.09. The fraction of sp³-hybridized carbons (Fsp3) is 0.615. The number of hydrogen-bond donors (Lipinski definition) is 1. The van der Waals surface area contributed by atoms with Gasteiger partial charge in [-0.15, -0.1) is 22.9 Å². The van der Waals surface area contributed by atoms with Gasteiger partial charge in [-0.25, -0.2) is 0 Å². The summed E-state index contributed by atoms with van der Waals surface area (Å²) in [6, 6.07) is 2.10. The molecule has 17 heavy (non-hydrogen) atoms. The molecule has 0 radical (unpaired) electrons. The normalized spacial score (nSPS) is 17.1. The predicted molar refractivity (Wildman–Crippen MR) is 73.2 cm³/mol. The van der Waals surface area contributed by atoms with Crippen molar-refractivity contribution in [2.24, 2.45) is 0 Å². The number of halogens is 1. The van der Waals surface area contributed by atoms with E-state index < -0.39 is 0 Å². The van der Waals surface area contributed by atoms with E-state index in [0.29, 0.717) is 5.88 Å². The number of amides is 1.